The second-order valence-corrected chi connectivity index (χ2v) is 5.29. The van der Waals surface area contributed by atoms with E-state index >= 15 is 0 Å². The first-order chi connectivity index (χ1) is 10.2. The second-order valence-electron chi connectivity index (χ2n) is 5.29. The SMILES string of the molecule is COc1cc2c(cc1OC)CN(C(=O)CCCCN)CC2. The fourth-order valence-corrected chi connectivity index (χ4v) is 2.67. The van der Waals surface area contributed by atoms with Gasteiger partial charge in [0.1, 0.15) is 0 Å². The summed E-state index contributed by atoms with van der Waals surface area (Å²) < 4.78 is 10.7. The molecule has 2 rings (SSSR count). The van der Waals surface area contributed by atoms with Crippen molar-refractivity contribution in [3.05, 3.63) is 23.3 Å². The average Bonchev–Trinajstić information content (AvgIpc) is 2.52. The van der Waals surface area contributed by atoms with E-state index in [4.69, 9.17) is 15.2 Å². The van der Waals surface area contributed by atoms with Gasteiger partial charge in [-0.3, -0.25) is 4.79 Å². The van der Waals surface area contributed by atoms with Crippen LogP contribution < -0.4 is 15.2 Å². The highest BCUT2D eigenvalue weighted by Crippen LogP contribution is 2.33. The third kappa shape index (κ3) is 3.67. The van der Waals surface area contributed by atoms with Gasteiger partial charge in [-0.05, 0) is 49.1 Å². The van der Waals surface area contributed by atoms with Gasteiger partial charge < -0.3 is 20.1 Å². The number of nitrogens with zero attached hydrogens (tertiary/aromatic N) is 1. The number of ether oxygens (including phenoxy) is 2. The topological polar surface area (TPSA) is 64.8 Å². The lowest BCUT2D eigenvalue weighted by atomic mass is 9.98. The van der Waals surface area contributed by atoms with Gasteiger partial charge >= 0.3 is 0 Å². The largest absolute Gasteiger partial charge is 0.493 e. The maximum atomic E-state index is 12.2. The number of amides is 1. The molecular formula is C16H24N2O3. The fraction of sp³-hybridized carbons (Fsp3) is 0.562. The summed E-state index contributed by atoms with van der Waals surface area (Å²) in [4.78, 5) is 14.1. The monoisotopic (exact) mass is 292 g/mol. The molecule has 1 aromatic rings. The van der Waals surface area contributed by atoms with E-state index in [9.17, 15) is 4.79 Å². The minimum atomic E-state index is 0.212. The second kappa shape index (κ2) is 7.31. The van der Waals surface area contributed by atoms with Gasteiger partial charge in [-0.1, -0.05) is 0 Å². The maximum Gasteiger partial charge on any atom is 0.222 e. The highest BCUT2D eigenvalue weighted by molar-refractivity contribution is 5.76. The molecule has 0 atom stereocenters. The van der Waals surface area contributed by atoms with E-state index in [-0.39, 0.29) is 5.91 Å². The third-order valence-corrected chi connectivity index (χ3v) is 3.92. The van der Waals surface area contributed by atoms with E-state index < -0.39 is 0 Å². The van der Waals surface area contributed by atoms with Crippen LogP contribution in [-0.2, 0) is 17.8 Å². The molecule has 1 heterocycles. The van der Waals surface area contributed by atoms with Crippen LogP contribution >= 0.6 is 0 Å². The number of nitrogens with two attached hydrogens (primary N) is 1. The van der Waals surface area contributed by atoms with E-state index in [0.717, 1.165) is 37.1 Å². The minimum absolute atomic E-state index is 0.212. The summed E-state index contributed by atoms with van der Waals surface area (Å²) in [7, 11) is 3.27. The Kier molecular flexibility index (Phi) is 5.44. The van der Waals surface area contributed by atoms with Crippen molar-refractivity contribution < 1.29 is 14.3 Å². The lowest BCUT2D eigenvalue weighted by molar-refractivity contribution is -0.132. The van der Waals surface area contributed by atoms with Crippen LogP contribution in [0.15, 0.2) is 12.1 Å². The van der Waals surface area contributed by atoms with Crippen LogP contribution in [0.4, 0.5) is 0 Å². The van der Waals surface area contributed by atoms with Crippen molar-refractivity contribution >= 4 is 5.91 Å². The summed E-state index contributed by atoms with van der Waals surface area (Å²) in [6.45, 7) is 2.06. The molecule has 0 saturated heterocycles. The quantitative estimate of drug-likeness (QED) is 0.811. The number of benzene rings is 1. The van der Waals surface area contributed by atoms with Gasteiger partial charge in [-0.25, -0.2) is 0 Å². The average molecular weight is 292 g/mol. The molecule has 0 aromatic heterocycles. The molecule has 2 N–H and O–H groups in total. The Morgan fingerprint density at radius 3 is 2.48 bits per heavy atom. The molecule has 5 heteroatoms. The Morgan fingerprint density at radius 2 is 1.86 bits per heavy atom. The van der Waals surface area contributed by atoms with Crippen molar-refractivity contribution in [1.82, 2.24) is 4.90 Å². The van der Waals surface area contributed by atoms with Crippen molar-refractivity contribution in [1.29, 1.82) is 0 Å². The lowest BCUT2D eigenvalue weighted by Gasteiger charge is -2.29. The number of fused-ring (bicyclic) bond motifs is 1. The van der Waals surface area contributed by atoms with E-state index in [2.05, 4.69) is 0 Å². The summed E-state index contributed by atoms with van der Waals surface area (Å²) in [5, 5.41) is 0. The molecule has 0 spiro atoms. The molecule has 0 saturated carbocycles. The standard InChI is InChI=1S/C16H24N2O3/c1-20-14-9-12-6-8-18(16(19)5-3-4-7-17)11-13(12)10-15(14)21-2/h9-10H,3-8,11,17H2,1-2H3. The lowest BCUT2D eigenvalue weighted by Crippen LogP contribution is -2.35. The van der Waals surface area contributed by atoms with E-state index in [0.29, 0.717) is 25.3 Å². The molecule has 0 radical (unpaired) electrons. The van der Waals surface area contributed by atoms with Crippen molar-refractivity contribution in [3.8, 4) is 11.5 Å². The number of methoxy groups -OCH3 is 2. The third-order valence-electron chi connectivity index (χ3n) is 3.92. The maximum absolute atomic E-state index is 12.2. The number of hydrogen-bond acceptors (Lipinski definition) is 4. The van der Waals surface area contributed by atoms with Crippen LogP contribution in [0.2, 0.25) is 0 Å². The number of rotatable bonds is 6. The number of unbranched alkanes of at least 4 members (excludes halogenated alkanes) is 1. The zero-order chi connectivity index (χ0) is 15.2. The van der Waals surface area contributed by atoms with Crippen molar-refractivity contribution in [2.45, 2.75) is 32.2 Å². The van der Waals surface area contributed by atoms with Crippen LogP contribution in [-0.4, -0.2) is 38.1 Å². The van der Waals surface area contributed by atoms with Crippen LogP contribution in [0.1, 0.15) is 30.4 Å². The summed E-state index contributed by atoms with van der Waals surface area (Å²) in [6.07, 6.45) is 3.21. The van der Waals surface area contributed by atoms with Crippen LogP contribution in [0.3, 0.4) is 0 Å². The normalized spacial score (nSPS) is 13.8. The predicted molar refractivity (Wildman–Crippen MR) is 81.6 cm³/mol. The molecule has 1 aliphatic rings. The van der Waals surface area contributed by atoms with E-state index in [1.165, 1.54) is 5.56 Å². The molecule has 116 valence electrons. The molecule has 5 nitrogen and oxygen atoms in total. The van der Waals surface area contributed by atoms with Crippen LogP contribution in [0.25, 0.3) is 0 Å². The van der Waals surface area contributed by atoms with Gasteiger partial charge in [0.2, 0.25) is 5.91 Å². The van der Waals surface area contributed by atoms with Gasteiger partial charge in [0.25, 0.3) is 0 Å². The zero-order valence-corrected chi connectivity index (χ0v) is 12.9. The molecule has 1 amide bonds. The van der Waals surface area contributed by atoms with Gasteiger partial charge in [-0.15, -0.1) is 0 Å². The molecule has 1 aliphatic heterocycles. The van der Waals surface area contributed by atoms with Gasteiger partial charge in [0.05, 0.1) is 14.2 Å². The summed E-state index contributed by atoms with van der Waals surface area (Å²) >= 11 is 0. The summed E-state index contributed by atoms with van der Waals surface area (Å²) in [5.74, 6) is 1.68. The zero-order valence-electron chi connectivity index (χ0n) is 12.9. The highest BCUT2D eigenvalue weighted by atomic mass is 16.5. The van der Waals surface area contributed by atoms with E-state index in [1.54, 1.807) is 14.2 Å². The molecule has 21 heavy (non-hydrogen) atoms. The summed E-state index contributed by atoms with van der Waals surface area (Å²) in [6, 6.07) is 4.00. The first kappa shape index (κ1) is 15.6. The smallest absolute Gasteiger partial charge is 0.222 e. The predicted octanol–water partition coefficient (Wildman–Crippen LogP) is 1.72. The number of carbonyl (C=O) groups excluding carboxylic acids is 1. The molecule has 0 bridgehead atoms. The first-order valence-corrected chi connectivity index (χ1v) is 7.41. The number of hydrogen-bond donors (Lipinski definition) is 1. The molecule has 1 aromatic carbocycles. The van der Waals surface area contributed by atoms with Crippen LogP contribution in [0.5, 0.6) is 11.5 Å². The highest BCUT2D eigenvalue weighted by Gasteiger charge is 2.22. The molecular weight excluding hydrogens is 268 g/mol. The van der Waals surface area contributed by atoms with Crippen LogP contribution in [0, 0.1) is 0 Å². The Morgan fingerprint density at radius 1 is 1.19 bits per heavy atom. The first-order valence-electron chi connectivity index (χ1n) is 7.41. The van der Waals surface area contributed by atoms with Gasteiger partial charge in [0.15, 0.2) is 11.5 Å². The Bertz CT molecular complexity index is 503. The van der Waals surface area contributed by atoms with Crippen molar-refractivity contribution in [2.75, 3.05) is 27.3 Å². The number of carbonyl (C=O) groups is 1. The van der Waals surface area contributed by atoms with Gasteiger partial charge in [-0.2, -0.15) is 0 Å². The van der Waals surface area contributed by atoms with E-state index in [1.807, 2.05) is 17.0 Å². The summed E-state index contributed by atoms with van der Waals surface area (Å²) in [5.41, 5.74) is 7.84. The molecule has 0 fully saturated rings. The molecule has 0 aliphatic carbocycles. The fourth-order valence-electron chi connectivity index (χ4n) is 2.67. The molecule has 0 unspecified atom stereocenters. The van der Waals surface area contributed by atoms with Gasteiger partial charge in [0, 0.05) is 19.5 Å². The van der Waals surface area contributed by atoms with Crippen molar-refractivity contribution in [3.63, 3.8) is 0 Å². The Balaban J connectivity index is 2.07. The minimum Gasteiger partial charge on any atom is -0.493 e. The Hall–Kier alpha value is -1.75. The van der Waals surface area contributed by atoms with Crippen molar-refractivity contribution in [2.24, 2.45) is 5.73 Å². The Labute approximate surface area is 126 Å².